The molecule has 3 rings (SSSR count). The molecule has 0 aliphatic carbocycles. The molecule has 2 heterocycles. The lowest BCUT2D eigenvalue weighted by molar-refractivity contribution is -0.274. The molecule has 180 valence electrons. The van der Waals surface area contributed by atoms with Crippen molar-refractivity contribution in [1.29, 1.82) is 0 Å². The van der Waals surface area contributed by atoms with Crippen molar-refractivity contribution >= 4 is 17.5 Å². The lowest BCUT2D eigenvalue weighted by atomic mass is 10.1. The van der Waals surface area contributed by atoms with Gasteiger partial charge in [-0.2, -0.15) is 0 Å². The third-order valence-corrected chi connectivity index (χ3v) is 5.53. The lowest BCUT2D eigenvalue weighted by Gasteiger charge is -2.34. The van der Waals surface area contributed by atoms with Crippen molar-refractivity contribution in [2.24, 2.45) is 0 Å². The highest BCUT2D eigenvalue weighted by atomic mass is 19.4. The van der Waals surface area contributed by atoms with Crippen LogP contribution in [0, 0.1) is 13.8 Å². The molecule has 2 amide bonds. The molecular formula is C22H27F3N4O4. The number of carbonyl (C=O) groups excluding carboxylic acids is 2. The fourth-order valence-electron chi connectivity index (χ4n) is 4.02. The summed E-state index contributed by atoms with van der Waals surface area (Å²) in [6.07, 6.45) is -5.45. The molecule has 0 bridgehead atoms. The van der Waals surface area contributed by atoms with Crippen molar-refractivity contribution in [2.45, 2.75) is 33.2 Å². The monoisotopic (exact) mass is 468 g/mol. The molecule has 8 nitrogen and oxygen atoms in total. The van der Waals surface area contributed by atoms with Crippen molar-refractivity contribution < 1.29 is 32.6 Å². The number of carbonyl (C=O) groups is 2. The summed E-state index contributed by atoms with van der Waals surface area (Å²) in [4.78, 5) is 31.9. The number of aromatic nitrogens is 1. The number of alkyl halides is 3. The van der Waals surface area contributed by atoms with Gasteiger partial charge in [-0.1, -0.05) is 0 Å². The van der Waals surface area contributed by atoms with Crippen molar-refractivity contribution in [3.8, 4) is 5.75 Å². The fraction of sp³-hybridized carbons (Fsp3) is 0.455. The molecule has 0 spiro atoms. The number of nitrogens with one attached hydrogen (secondary N) is 2. The number of aromatic amines is 1. The number of aliphatic hydroxyl groups excluding tert-OH is 1. The number of ether oxygens (including phenoxy) is 1. The molecule has 1 fully saturated rings. The molecule has 1 unspecified atom stereocenters. The zero-order valence-corrected chi connectivity index (χ0v) is 18.6. The Labute approximate surface area is 189 Å². The molecule has 3 N–H and O–H groups in total. The summed E-state index contributed by atoms with van der Waals surface area (Å²) in [6.45, 7) is 7.26. The lowest BCUT2D eigenvalue weighted by Crippen LogP contribution is -2.50. The van der Waals surface area contributed by atoms with Gasteiger partial charge in [-0.05, 0) is 50.6 Å². The largest absolute Gasteiger partial charge is 0.573 e. The topological polar surface area (TPSA) is 97.9 Å². The number of hydrogen-bond donors (Lipinski definition) is 3. The van der Waals surface area contributed by atoms with Gasteiger partial charge in [0.25, 0.3) is 5.91 Å². The second kappa shape index (κ2) is 9.84. The van der Waals surface area contributed by atoms with Gasteiger partial charge in [-0.25, -0.2) is 0 Å². The molecule has 1 atom stereocenters. The van der Waals surface area contributed by atoms with Crippen LogP contribution in [-0.2, 0) is 4.79 Å². The Hall–Kier alpha value is -3.05. The Morgan fingerprint density at radius 1 is 1.15 bits per heavy atom. The predicted molar refractivity (Wildman–Crippen MR) is 115 cm³/mol. The second-order valence-electron chi connectivity index (χ2n) is 8.03. The van der Waals surface area contributed by atoms with E-state index >= 15 is 0 Å². The average molecular weight is 468 g/mol. The smallest absolute Gasteiger partial charge is 0.406 e. The van der Waals surface area contributed by atoms with Crippen molar-refractivity contribution in [2.75, 3.05) is 38.0 Å². The first-order valence-corrected chi connectivity index (χ1v) is 10.5. The predicted octanol–water partition coefficient (Wildman–Crippen LogP) is 2.98. The summed E-state index contributed by atoms with van der Waals surface area (Å²) in [6, 6.07) is 4.91. The van der Waals surface area contributed by atoms with Gasteiger partial charge in [-0.3, -0.25) is 14.5 Å². The van der Waals surface area contributed by atoms with Crippen LogP contribution >= 0.6 is 0 Å². The van der Waals surface area contributed by atoms with Gasteiger partial charge < -0.3 is 25.0 Å². The maximum absolute atomic E-state index is 12.9. The van der Waals surface area contributed by atoms with E-state index in [-0.39, 0.29) is 24.1 Å². The molecule has 1 aromatic carbocycles. The quantitative estimate of drug-likeness (QED) is 0.606. The zero-order chi connectivity index (χ0) is 24.3. The Bertz CT molecular complexity index is 994. The number of benzene rings is 1. The van der Waals surface area contributed by atoms with Crippen LogP contribution in [0.2, 0.25) is 0 Å². The summed E-state index contributed by atoms with van der Waals surface area (Å²) in [5.41, 5.74) is 3.05. The van der Waals surface area contributed by atoms with Crippen LogP contribution in [0.3, 0.4) is 0 Å². The highest BCUT2D eigenvalue weighted by Gasteiger charge is 2.31. The van der Waals surface area contributed by atoms with E-state index in [1.54, 1.807) is 18.7 Å². The van der Waals surface area contributed by atoms with E-state index in [0.717, 1.165) is 29.0 Å². The van der Waals surface area contributed by atoms with Crippen LogP contribution < -0.4 is 10.1 Å². The highest BCUT2D eigenvalue weighted by Crippen LogP contribution is 2.26. The zero-order valence-electron chi connectivity index (χ0n) is 18.6. The molecule has 1 aliphatic rings. The Kier molecular flexibility index (Phi) is 7.33. The standard InChI is InChI=1S/C22H27F3N4O4/c1-13-19(15(3)30)14(2)26-20(13)21(32)29-10-8-28(9-11-29)12-18(31)27-16-4-6-17(7-5-16)33-22(23,24)25/h4-7,15,26,30H,8-12H2,1-3H3,(H,27,31). The SMILES string of the molecule is Cc1[nH]c(C(=O)N2CCN(CC(=O)Nc3ccc(OC(F)(F)F)cc3)CC2)c(C)c1C(C)O. The Balaban J connectivity index is 1.50. The summed E-state index contributed by atoms with van der Waals surface area (Å²) in [5.74, 6) is -0.821. The number of aliphatic hydroxyl groups is 1. The molecule has 1 aliphatic heterocycles. The number of aryl methyl sites for hydroxylation is 1. The van der Waals surface area contributed by atoms with E-state index in [9.17, 15) is 27.9 Å². The molecule has 1 saturated heterocycles. The number of rotatable bonds is 6. The van der Waals surface area contributed by atoms with Gasteiger partial charge >= 0.3 is 6.36 Å². The molecular weight excluding hydrogens is 441 g/mol. The third-order valence-electron chi connectivity index (χ3n) is 5.53. The Morgan fingerprint density at radius 2 is 1.76 bits per heavy atom. The number of halogens is 3. The first kappa shape index (κ1) is 24.6. The maximum atomic E-state index is 12.9. The van der Waals surface area contributed by atoms with Crippen LogP contribution in [0.25, 0.3) is 0 Å². The normalized spacial score (nSPS) is 15.9. The number of H-pyrrole nitrogens is 1. The van der Waals surface area contributed by atoms with Gasteiger partial charge in [-0.15, -0.1) is 13.2 Å². The molecule has 0 saturated carbocycles. The van der Waals surface area contributed by atoms with E-state index < -0.39 is 12.5 Å². The van der Waals surface area contributed by atoms with Gasteiger partial charge in [0.1, 0.15) is 11.4 Å². The van der Waals surface area contributed by atoms with Crippen LogP contribution in [0.5, 0.6) is 5.75 Å². The summed E-state index contributed by atoms with van der Waals surface area (Å²) in [7, 11) is 0. The fourth-order valence-corrected chi connectivity index (χ4v) is 4.02. The Morgan fingerprint density at radius 3 is 2.27 bits per heavy atom. The number of nitrogens with zero attached hydrogens (tertiary/aromatic N) is 2. The number of anilines is 1. The van der Waals surface area contributed by atoms with Gasteiger partial charge in [0, 0.05) is 43.1 Å². The van der Waals surface area contributed by atoms with Gasteiger partial charge in [0.05, 0.1) is 12.6 Å². The minimum atomic E-state index is -4.77. The first-order valence-electron chi connectivity index (χ1n) is 10.5. The van der Waals surface area contributed by atoms with Crippen molar-refractivity contribution in [3.05, 3.63) is 46.8 Å². The molecule has 0 radical (unpaired) electrons. The maximum Gasteiger partial charge on any atom is 0.573 e. The minimum Gasteiger partial charge on any atom is -0.406 e. The first-order chi connectivity index (χ1) is 15.4. The van der Waals surface area contributed by atoms with E-state index in [1.807, 2.05) is 11.8 Å². The van der Waals surface area contributed by atoms with Crippen LogP contribution in [0.4, 0.5) is 18.9 Å². The second-order valence-corrected chi connectivity index (χ2v) is 8.03. The van der Waals surface area contributed by atoms with Crippen LogP contribution in [0.15, 0.2) is 24.3 Å². The highest BCUT2D eigenvalue weighted by molar-refractivity contribution is 5.95. The molecule has 11 heteroatoms. The van der Waals surface area contributed by atoms with E-state index in [1.165, 1.54) is 12.1 Å². The number of amides is 2. The van der Waals surface area contributed by atoms with E-state index in [0.29, 0.717) is 37.6 Å². The van der Waals surface area contributed by atoms with Crippen LogP contribution in [-0.4, -0.2) is 70.8 Å². The summed E-state index contributed by atoms with van der Waals surface area (Å²) in [5, 5.41) is 12.6. The summed E-state index contributed by atoms with van der Waals surface area (Å²) >= 11 is 0. The number of piperazine rings is 1. The minimum absolute atomic E-state index is 0.0929. The van der Waals surface area contributed by atoms with Gasteiger partial charge in [0.2, 0.25) is 5.91 Å². The molecule has 33 heavy (non-hydrogen) atoms. The molecule has 1 aromatic heterocycles. The van der Waals surface area contributed by atoms with E-state index in [2.05, 4.69) is 15.0 Å². The van der Waals surface area contributed by atoms with Gasteiger partial charge in [0.15, 0.2) is 0 Å². The van der Waals surface area contributed by atoms with Crippen molar-refractivity contribution in [1.82, 2.24) is 14.8 Å². The van der Waals surface area contributed by atoms with E-state index in [4.69, 9.17) is 0 Å². The average Bonchev–Trinajstić information content (AvgIpc) is 3.02. The third kappa shape index (κ3) is 6.26. The summed E-state index contributed by atoms with van der Waals surface area (Å²) < 4.78 is 40.5. The van der Waals surface area contributed by atoms with Crippen molar-refractivity contribution in [3.63, 3.8) is 0 Å². The molecule has 2 aromatic rings. The number of hydrogen-bond acceptors (Lipinski definition) is 5. The van der Waals surface area contributed by atoms with Crippen LogP contribution in [0.1, 0.15) is 40.3 Å².